The molecule has 2 N–H and O–H groups in total. The van der Waals surface area contributed by atoms with E-state index in [9.17, 15) is 9.59 Å². The van der Waals surface area contributed by atoms with Gasteiger partial charge in [-0.3, -0.25) is 4.79 Å². The Kier molecular flexibility index (Phi) is 6.33. The van der Waals surface area contributed by atoms with Gasteiger partial charge in [0, 0.05) is 18.4 Å². The number of pyridine rings is 1. The van der Waals surface area contributed by atoms with Crippen LogP contribution in [0.3, 0.4) is 0 Å². The Hall–Kier alpha value is -3.46. The molecule has 0 amide bonds. The maximum atomic E-state index is 13.8. The number of esters is 1. The summed E-state index contributed by atoms with van der Waals surface area (Å²) in [5, 5.41) is 0. The first-order valence-electron chi connectivity index (χ1n) is 10.7. The van der Waals surface area contributed by atoms with Crippen LogP contribution in [0.4, 0.5) is 0 Å². The molecule has 9 nitrogen and oxygen atoms in total. The summed E-state index contributed by atoms with van der Waals surface area (Å²) >= 11 is 0. The van der Waals surface area contributed by atoms with Gasteiger partial charge in [0.15, 0.2) is 11.5 Å². The van der Waals surface area contributed by atoms with Gasteiger partial charge in [0.1, 0.15) is 11.3 Å². The zero-order chi connectivity index (χ0) is 23.7. The van der Waals surface area contributed by atoms with Crippen molar-refractivity contribution in [2.45, 2.75) is 38.3 Å². The highest BCUT2D eigenvalue weighted by Gasteiger charge is 2.39. The third-order valence-electron chi connectivity index (χ3n) is 6.13. The minimum Gasteiger partial charge on any atom is -0.493 e. The second-order valence-electron chi connectivity index (χ2n) is 8.03. The predicted octanol–water partition coefficient (Wildman–Crippen LogP) is 2.22. The van der Waals surface area contributed by atoms with Crippen molar-refractivity contribution in [2.24, 2.45) is 5.73 Å². The molecule has 176 valence electrons. The van der Waals surface area contributed by atoms with Gasteiger partial charge in [0.05, 0.1) is 45.5 Å². The molecule has 33 heavy (non-hydrogen) atoms. The van der Waals surface area contributed by atoms with Crippen LogP contribution in [-0.4, -0.2) is 44.6 Å². The van der Waals surface area contributed by atoms with Crippen LogP contribution in [-0.2, 0) is 20.8 Å². The van der Waals surface area contributed by atoms with E-state index in [1.165, 1.54) is 21.3 Å². The first-order chi connectivity index (χ1) is 15.9. The molecule has 0 unspecified atom stereocenters. The summed E-state index contributed by atoms with van der Waals surface area (Å²) in [5.74, 6) is -0.313. The summed E-state index contributed by atoms with van der Waals surface area (Å²) in [6, 6.07) is 6.97. The normalized spacial score (nSPS) is 19.6. The highest BCUT2D eigenvalue weighted by atomic mass is 16.5. The van der Waals surface area contributed by atoms with Crippen LogP contribution >= 0.6 is 0 Å². The number of carbonyl (C=O) groups excluding carboxylic acids is 1. The lowest BCUT2D eigenvalue weighted by atomic mass is 9.83. The molecule has 2 aliphatic rings. The Morgan fingerprint density at radius 1 is 1.18 bits per heavy atom. The van der Waals surface area contributed by atoms with Gasteiger partial charge in [-0.2, -0.15) is 0 Å². The fraction of sp³-hybridized carbons (Fsp3) is 0.417. The van der Waals surface area contributed by atoms with E-state index in [-0.39, 0.29) is 23.1 Å². The predicted molar refractivity (Wildman–Crippen MR) is 120 cm³/mol. The van der Waals surface area contributed by atoms with E-state index >= 15 is 0 Å². The Balaban J connectivity index is 1.93. The number of aromatic nitrogens is 1. The van der Waals surface area contributed by atoms with Crippen molar-refractivity contribution < 1.29 is 28.5 Å². The number of nitrogens with zero attached hydrogens (tertiary/aromatic N) is 1. The van der Waals surface area contributed by atoms with Crippen LogP contribution in [0, 0.1) is 6.92 Å². The molecule has 4 rings (SSSR count). The Morgan fingerprint density at radius 3 is 2.58 bits per heavy atom. The van der Waals surface area contributed by atoms with Gasteiger partial charge in [-0.15, -0.1) is 0 Å². The van der Waals surface area contributed by atoms with E-state index < -0.39 is 11.9 Å². The van der Waals surface area contributed by atoms with Crippen molar-refractivity contribution in [3.63, 3.8) is 0 Å². The second-order valence-corrected chi connectivity index (χ2v) is 8.03. The van der Waals surface area contributed by atoms with E-state index in [2.05, 4.69) is 0 Å². The highest BCUT2D eigenvalue weighted by molar-refractivity contribution is 5.92. The lowest BCUT2D eigenvalue weighted by Crippen LogP contribution is -2.36. The van der Waals surface area contributed by atoms with E-state index in [4.69, 9.17) is 29.4 Å². The van der Waals surface area contributed by atoms with Gasteiger partial charge in [-0.1, -0.05) is 6.07 Å². The summed E-state index contributed by atoms with van der Waals surface area (Å²) in [7, 11) is 4.31. The average molecular weight is 456 g/mol. The number of carbonyl (C=O) groups is 1. The molecule has 0 aliphatic carbocycles. The molecule has 0 radical (unpaired) electrons. The number of benzene rings is 1. The topological polar surface area (TPSA) is 111 Å². The van der Waals surface area contributed by atoms with Crippen LogP contribution in [0.5, 0.6) is 17.2 Å². The summed E-state index contributed by atoms with van der Waals surface area (Å²) in [6.07, 6.45) is 1.81. The number of ether oxygens (including phenoxy) is 5. The fourth-order valence-corrected chi connectivity index (χ4v) is 4.48. The summed E-state index contributed by atoms with van der Waals surface area (Å²) < 4.78 is 29.0. The van der Waals surface area contributed by atoms with Crippen LogP contribution in [0.25, 0.3) is 0 Å². The molecule has 1 saturated heterocycles. The molecule has 9 heteroatoms. The Morgan fingerprint density at radius 2 is 1.94 bits per heavy atom. The lowest BCUT2D eigenvalue weighted by Gasteiger charge is -2.29. The molecule has 0 spiro atoms. The second kappa shape index (κ2) is 9.19. The summed E-state index contributed by atoms with van der Waals surface area (Å²) in [4.78, 5) is 26.6. The molecule has 1 fully saturated rings. The smallest absolute Gasteiger partial charge is 0.340 e. The molecule has 1 aromatic carbocycles. The number of hydrogen-bond donors (Lipinski definition) is 1. The molecular weight excluding hydrogens is 428 g/mol. The molecule has 0 saturated carbocycles. The van der Waals surface area contributed by atoms with Gasteiger partial charge >= 0.3 is 5.97 Å². The molecule has 2 aliphatic heterocycles. The largest absolute Gasteiger partial charge is 0.493 e. The van der Waals surface area contributed by atoms with Crippen LogP contribution in [0.2, 0.25) is 0 Å². The monoisotopic (exact) mass is 456 g/mol. The summed E-state index contributed by atoms with van der Waals surface area (Å²) in [6.45, 7) is 2.94. The number of fused-ring (bicyclic) bond motifs is 1. The van der Waals surface area contributed by atoms with Crippen LogP contribution in [0.15, 0.2) is 40.5 Å². The molecular formula is C24H28N2O7. The zero-order valence-corrected chi connectivity index (χ0v) is 19.2. The Labute approximate surface area is 191 Å². The average Bonchev–Trinajstić information content (AvgIpc) is 3.33. The third-order valence-corrected chi connectivity index (χ3v) is 6.13. The van der Waals surface area contributed by atoms with Crippen LogP contribution < -0.4 is 25.5 Å². The van der Waals surface area contributed by atoms with Crippen molar-refractivity contribution in [1.29, 1.82) is 0 Å². The van der Waals surface area contributed by atoms with Crippen LogP contribution in [0.1, 0.15) is 35.6 Å². The molecule has 0 bridgehead atoms. The van der Waals surface area contributed by atoms with Gasteiger partial charge in [0.25, 0.3) is 5.56 Å². The van der Waals surface area contributed by atoms with Gasteiger partial charge < -0.3 is 34.0 Å². The fourth-order valence-electron chi connectivity index (χ4n) is 4.48. The quantitative estimate of drug-likeness (QED) is 0.659. The number of methoxy groups -OCH3 is 3. The van der Waals surface area contributed by atoms with E-state index in [0.29, 0.717) is 41.5 Å². The number of hydrogen-bond acceptors (Lipinski definition) is 8. The van der Waals surface area contributed by atoms with Crippen molar-refractivity contribution in [3.8, 4) is 17.2 Å². The van der Waals surface area contributed by atoms with Gasteiger partial charge in [-0.05, 0) is 37.5 Å². The molecule has 2 aromatic rings. The first kappa shape index (κ1) is 22.7. The van der Waals surface area contributed by atoms with Crippen molar-refractivity contribution in [1.82, 2.24) is 4.57 Å². The first-order valence-corrected chi connectivity index (χ1v) is 10.7. The molecule has 1 aromatic heterocycles. The number of rotatable bonds is 6. The lowest BCUT2D eigenvalue weighted by molar-refractivity contribution is -0.136. The Bertz CT molecular complexity index is 1160. The minimum absolute atomic E-state index is 0.0378. The maximum absolute atomic E-state index is 13.8. The summed E-state index contributed by atoms with van der Waals surface area (Å²) in [5.41, 5.74) is 7.59. The van der Waals surface area contributed by atoms with Gasteiger partial charge in [0.2, 0.25) is 5.88 Å². The maximum Gasteiger partial charge on any atom is 0.340 e. The van der Waals surface area contributed by atoms with Crippen molar-refractivity contribution in [3.05, 3.63) is 62.9 Å². The molecule has 3 heterocycles. The standard InChI is InChI=1S/C24H28N2O7/c1-13-10-18-20(23(27)26(13)12-15-6-5-9-32-15)19(21(22(25)33-18)24(28)31-4)14-7-8-16(29-2)17(11-14)30-3/h7-8,10-11,15,19H,5-6,9,12,25H2,1-4H3/t15-,19+/m0/s1. The number of aryl methyl sites for hydroxylation is 1. The highest BCUT2D eigenvalue weighted by Crippen LogP contribution is 2.43. The van der Waals surface area contributed by atoms with E-state index in [0.717, 1.165) is 18.5 Å². The van der Waals surface area contributed by atoms with Crippen molar-refractivity contribution in [2.75, 3.05) is 27.9 Å². The minimum atomic E-state index is -0.815. The third kappa shape index (κ3) is 4.04. The van der Waals surface area contributed by atoms with E-state index in [1.54, 1.807) is 28.8 Å². The van der Waals surface area contributed by atoms with Crippen molar-refractivity contribution >= 4 is 5.97 Å². The SMILES string of the molecule is COC(=O)C1=C(N)Oc2cc(C)n(C[C@@H]3CCCO3)c(=O)c2[C@H]1c1ccc(OC)c(OC)c1. The zero-order valence-electron chi connectivity index (χ0n) is 19.2. The number of nitrogens with two attached hydrogens (primary N) is 1. The molecule has 2 atom stereocenters. The van der Waals surface area contributed by atoms with Gasteiger partial charge in [-0.25, -0.2) is 4.79 Å². The van der Waals surface area contributed by atoms with E-state index in [1.807, 2.05) is 6.92 Å².